The molecule has 0 bridgehead atoms. The molecule has 8 heteroatoms. The van der Waals surface area contributed by atoms with Crippen molar-refractivity contribution in [2.24, 2.45) is 0 Å². The summed E-state index contributed by atoms with van der Waals surface area (Å²) < 4.78 is 17.4. The molecule has 0 aliphatic carbocycles. The Balaban J connectivity index is 4.09. The maximum Gasteiger partial charge on any atom is 0.362 e. The number of ether oxygens (including phenoxy) is 3. The standard InChI is InChI=1S/C58H113NO7/c1-6-8-10-12-14-16-18-20-22-24-26-27-28-29-30-31-33-35-37-39-41-43-45-47-49-57(61)66-54(52-64-51-50-55(58(62)63)59(3,4)5)53-65-56(60)48-46-44-42-40-38-36-34-32-25-23-21-19-17-15-13-11-9-7-2/h54-55H,6-53H2,1-5H3/p+1. The van der Waals surface area contributed by atoms with Crippen LogP contribution in [-0.2, 0) is 28.6 Å². The van der Waals surface area contributed by atoms with Crippen molar-refractivity contribution in [3.63, 3.8) is 0 Å². The molecule has 0 spiro atoms. The highest BCUT2D eigenvalue weighted by atomic mass is 16.6. The topological polar surface area (TPSA) is 99.1 Å². The zero-order valence-corrected chi connectivity index (χ0v) is 44.9. The van der Waals surface area contributed by atoms with Gasteiger partial charge in [-0.3, -0.25) is 9.59 Å². The molecule has 1 N–H and O–H groups in total. The lowest BCUT2D eigenvalue weighted by Crippen LogP contribution is -2.50. The molecule has 2 unspecified atom stereocenters. The average Bonchev–Trinajstić information content (AvgIpc) is 3.28. The van der Waals surface area contributed by atoms with Crippen LogP contribution in [0.5, 0.6) is 0 Å². The van der Waals surface area contributed by atoms with E-state index in [2.05, 4.69) is 13.8 Å². The predicted molar refractivity (Wildman–Crippen MR) is 280 cm³/mol. The van der Waals surface area contributed by atoms with Crippen molar-refractivity contribution in [3.05, 3.63) is 0 Å². The number of unbranched alkanes of at least 4 members (excludes halogenated alkanes) is 40. The lowest BCUT2D eigenvalue weighted by atomic mass is 10.0. The molecule has 0 aromatic heterocycles. The van der Waals surface area contributed by atoms with Crippen molar-refractivity contribution < 1.29 is 38.2 Å². The molecular formula is C58H114NO7+. The molecule has 392 valence electrons. The van der Waals surface area contributed by atoms with Gasteiger partial charge in [0.05, 0.1) is 34.4 Å². The van der Waals surface area contributed by atoms with E-state index in [1.54, 1.807) is 0 Å². The van der Waals surface area contributed by atoms with Gasteiger partial charge in [-0.2, -0.15) is 0 Å². The number of carbonyl (C=O) groups excluding carboxylic acids is 2. The van der Waals surface area contributed by atoms with Crippen molar-refractivity contribution >= 4 is 17.9 Å². The van der Waals surface area contributed by atoms with E-state index >= 15 is 0 Å². The Labute approximate surface area is 410 Å². The van der Waals surface area contributed by atoms with Crippen LogP contribution >= 0.6 is 0 Å². The number of esters is 2. The highest BCUT2D eigenvalue weighted by molar-refractivity contribution is 5.72. The van der Waals surface area contributed by atoms with Crippen LogP contribution in [0.15, 0.2) is 0 Å². The number of quaternary nitrogens is 1. The summed E-state index contributed by atoms with van der Waals surface area (Å²) in [6, 6.07) is -0.609. The number of aliphatic carboxylic acids is 1. The van der Waals surface area contributed by atoms with Gasteiger partial charge in [0.25, 0.3) is 0 Å². The van der Waals surface area contributed by atoms with Crippen LogP contribution in [0.2, 0.25) is 0 Å². The smallest absolute Gasteiger partial charge is 0.362 e. The fourth-order valence-electron chi connectivity index (χ4n) is 9.27. The Hall–Kier alpha value is -1.67. The normalized spacial score (nSPS) is 12.7. The molecule has 0 heterocycles. The fraction of sp³-hybridized carbons (Fsp3) is 0.948. The molecule has 0 aromatic rings. The minimum atomic E-state index is -0.867. The molecule has 2 atom stereocenters. The molecule has 0 rings (SSSR count). The van der Waals surface area contributed by atoms with Gasteiger partial charge < -0.3 is 23.8 Å². The molecule has 8 nitrogen and oxygen atoms in total. The number of carboxylic acids is 1. The maximum absolute atomic E-state index is 12.8. The van der Waals surface area contributed by atoms with Crippen molar-refractivity contribution in [2.75, 3.05) is 41.0 Å². The minimum Gasteiger partial charge on any atom is -0.477 e. The first-order chi connectivity index (χ1) is 32.1. The number of carboxylic acid groups (broad SMARTS) is 1. The number of hydrogen-bond acceptors (Lipinski definition) is 6. The summed E-state index contributed by atoms with van der Waals surface area (Å²) in [5.41, 5.74) is 0. The molecule has 0 fully saturated rings. The van der Waals surface area contributed by atoms with Gasteiger partial charge in [-0.1, -0.05) is 271 Å². The van der Waals surface area contributed by atoms with Gasteiger partial charge in [0.15, 0.2) is 12.1 Å². The van der Waals surface area contributed by atoms with Crippen LogP contribution in [0.1, 0.15) is 303 Å². The first-order valence-corrected chi connectivity index (χ1v) is 29.1. The van der Waals surface area contributed by atoms with Gasteiger partial charge in [-0.05, 0) is 12.8 Å². The minimum absolute atomic E-state index is 0.0409. The quantitative estimate of drug-likeness (QED) is 0.0368. The molecule has 0 radical (unpaired) electrons. The number of likely N-dealkylation sites (N-methyl/N-ethyl adjacent to an activating group) is 1. The van der Waals surface area contributed by atoms with E-state index in [1.807, 2.05) is 21.1 Å². The summed E-state index contributed by atoms with van der Waals surface area (Å²) in [5.74, 6) is -1.43. The van der Waals surface area contributed by atoms with E-state index in [0.29, 0.717) is 19.3 Å². The number of hydrogen-bond donors (Lipinski definition) is 1. The van der Waals surface area contributed by atoms with Crippen molar-refractivity contribution in [3.8, 4) is 0 Å². The Bertz CT molecular complexity index is 1050. The van der Waals surface area contributed by atoms with Crippen LogP contribution in [0.4, 0.5) is 0 Å². The monoisotopic (exact) mass is 937 g/mol. The van der Waals surface area contributed by atoms with Crippen molar-refractivity contribution in [2.45, 2.75) is 315 Å². The highest BCUT2D eigenvalue weighted by Gasteiger charge is 2.31. The zero-order valence-electron chi connectivity index (χ0n) is 44.9. The van der Waals surface area contributed by atoms with Crippen LogP contribution in [-0.4, -0.2) is 80.6 Å². The fourth-order valence-corrected chi connectivity index (χ4v) is 9.27. The molecule has 0 aliphatic heterocycles. The van der Waals surface area contributed by atoms with E-state index in [4.69, 9.17) is 14.2 Å². The number of rotatable bonds is 54. The second kappa shape index (κ2) is 49.7. The van der Waals surface area contributed by atoms with Gasteiger partial charge in [0.1, 0.15) is 6.61 Å². The average molecular weight is 938 g/mol. The van der Waals surface area contributed by atoms with Gasteiger partial charge in [-0.25, -0.2) is 4.79 Å². The Kier molecular flexibility index (Phi) is 48.5. The van der Waals surface area contributed by atoms with Gasteiger partial charge in [0.2, 0.25) is 0 Å². The van der Waals surface area contributed by atoms with Crippen molar-refractivity contribution in [1.82, 2.24) is 0 Å². The van der Waals surface area contributed by atoms with Gasteiger partial charge in [0, 0.05) is 19.3 Å². The number of nitrogens with zero attached hydrogens (tertiary/aromatic N) is 1. The lowest BCUT2D eigenvalue weighted by molar-refractivity contribution is -0.887. The second-order valence-electron chi connectivity index (χ2n) is 21.3. The summed E-state index contributed by atoms with van der Waals surface area (Å²) >= 11 is 0. The van der Waals surface area contributed by atoms with Crippen LogP contribution < -0.4 is 0 Å². The lowest BCUT2D eigenvalue weighted by Gasteiger charge is -2.31. The molecule has 0 aliphatic rings. The Morgan fingerprint density at radius 2 is 0.667 bits per heavy atom. The second-order valence-corrected chi connectivity index (χ2v) is 21.3. The maximum atomic E-state index is 12.8. The summed E-state index contributed by atoms with van der Waals surface area (Å²) in [7, 11) is 5.56. The first-order valence-electron chi connectivity index (χ1n) is 29.1. The van der Waals surface area contributed by atoms with E-state index in [-0.39, 0.29) is 36.2 Å². The third-order valence-electron chi connectivity index (χ3n) is 13.8. The zero-order chi connectivity index (χ0) is 48.4. The van der Waals surface area contributed by atoms with Crippen LogP contribution in [0, 0.1) is 0 Å². The molecular weight excluding hydrogens is 823 g/mol. The SMILES string of the molecule is CCCCCCCCCCCCCCCCCCCCCCCCCCC(=O)OC(COCCC(C(=O)O)[N+](C)(C)C)COC(=O)CCCCCCCCCCCCCCCCCCCC. The molecule has 66 heavy (non-hydrogen) atoms. The van der Waals surface area contributed by atoms with Crippen molar-refractivity contribution in [1.29, 1.82) is 0 Å². The summed E-state index contributed by atoms with van der Waals surface area (Å²) in [6.45, 7) is 4.82. The van der Waals surface area contributed by atoms with E-state index in [9.17, 15) is 19.5 Å². The van der Waals surface area contributed by atoms with Crippen LogP contribution in [0.3, 0.4) is 0 Å². The molecule has 0 aromatic carbocycles. The predicted octanol–water partition coefficient (Wildman–Crippen LogP) is 17.2. The summed E-state index contributed by atoms with van der Waals surface area (Å²) in [5, 5.41) is 9.68. The van der Waals surface area contributed by atoms with E-state index in [1.165, 1.54) is 231 Å². The highest BCUT2D eigenvalue weighted by Crippen LogP contribution is 2.18. The Morgan fingerprint density at radius 3 is 0.939 bits per heavy atom. The Morgan fingerprint density at radius 1 is 0.394 bits per heavy atom. The van der Waals surface area contributed by atoms with E-state index in [0.717, 1.165) is 38.5 Å². The summed E-state index contributed by atoms with van der Waals surface area (Å²) in [6.07, 6.45) is 56.0. The van der Waals surface area contributed by atoms with E-state index < -0.39 is 18.1 Å². The summed E-state index contributed by atoms with van der Waals surface area (Å²) in [4.78, 5) is 37.3. The largest absolute Gasteiger partial charge is 0.477 e. The number of carbonyl (C=O) groups is 3. The third kappa shape index (κ3) is 47.4. The molecule has 0 saturated carbocycles. The van der Waals surface area contributed by atoms with Gasteiger partial charge in [-0.15, -0.1) is 0 Å². The van der Waals surface area contributed by atoms with Gasteiger partial charge >= 0.3 is 17.9 Å². The third-order valence-corrected chi connectivity index (χ3v) is 13.8. The molecule has 0 saturated heterocycles. The van der Waals surface area contributed by atoms with Crippen LogP contribution in [0.25, 0.3) is 0 Å². The first kappa shape index (κ1) is 64.3. The molecule has 0 amide bonds.